The average molecular weight is 340 g/mol. The van der Waals surface area contributed by atoms with Gasteiger partial charge >= 0.3 is 0 Å². The number of aromatic amines is 1. The Morgan fingerprint density at radius 1 is 1.29 bits per heavy atom. The van der Waals surface area contributed by atoms with Crippen molar-refractivity contribution in [1.82, 2.24) is 14.5 Å². The first-order valence-electron chi connectivity index (χ1n) is 6.15. The van der Waals surface area contributed by atoms with E-state index in [0.717, 1.165) is 16.6 Å². The molecule has 0 saturated carbocycles. The lowest BCUT2D eigenvalue weighted by molar-refractivity contribution is 0.397. The SMILES string of the molecule is COc1cc(Cn2c(=S)[nH]c3cc(Cl)c(Cl)cc32)ccn1. The highest BCUT2D eigenvalue weighted by molar-refractivity contribution is 7.71. The maximum atomic E-state index is 6.10. The smallest absolute Gasteiger partial charge is 0.213 e. The fourth-order valence-corrected chi connectivity index (χ4v) is 2.75. The van der Waals surface area contributed by atoms with Crippen molar-refractivity contribution in [2.45, 2.75) is 6.54 Å². The summed E-state index contributed by atoms with van der Waals surface area (Å²) >= 11 is 17.5. The number of benzene rings is 1. The van der Waals surface area contributed by atoms with E-state index >= 15 is 0 Å². The molecule has 0 bridgehead atoms. The minimum absolute atomic E-state index is 0.498. The molecule has 0 saturated heterocycles. The van der Waals surface area contributed by atoms with Crippen molar-refractivity contribution in [3.05, 3.63) is 50.8 Å². The molecule has 0 aliphatic carbocycles. The van der Waals surface area contributed by atoms with E-state index < -0.39 is 0 Å². The maximum absolute atomic E-state index is 6.10. The molecule has 0 unspecified atom stereocenters. The molecule has 2 heterocycles. The second-order valence-corrected chi connectivity index (χ2v) is 5.71. The van der Waals surface area contributed by atoms with Gasteiger partial charge in [0.25, 0.3) is 0 Å². The van der Waals surface area contributed by atoms with Crippen molar-refractivity contribution >= 4 is 46.5 Å². The summed E-state index contributed by atoms with van der Waals surface area (Å²) in [5.74, 6) is 0.569. The van der Waals surface area contributed by atoms with E-state index in [1.165, 1.54) is 0 Å². The van der Waals surface area contributed by atoms with Crippen molar-refractivity contribution < 1.29 is 4.74 Å². The molecule has 21 heavy (non-hydrogen) atoms. The molecular weight excluding hydrogens is 329 g/mol. The van der Waals surface area contributed by atoms with E-state index in [4.69, 9.17) is 40.2 Å². The highest BCUT2D eigenvalue weighted by Crippen LogP contribution is 2.28. The highest BCUT2D eigenvalue weighted by atomic mass is 35.5. The third kappa shape index (κ3) is 2.77. The normalized spacial score (nSPS) is 11.0. The number of nitrogens with one attached hydrogen (secondary N) is 1. The summed E-state index contributed by atoms with van der Waals surface area (Å²) in [4.78, 5) is 7.23. The van der Waals surface area contributed by atoms with E-state index in [1.807, 2.05) is 22.8 Å². The first kappa shape index (κ1) is 14.4. The Morgan fingerprint density at radius 2 is 2.05 bits per heavy atom. The molecule has 1 aromatic carbocycles. The Balaban J connectivity index is 2.09. The Kier molecular flexibility index (Phi) is 3.89. The number of imidazole rings is 1. The topological polar surface area (TPSA) is 42.8 Å². The molecule has 0 fully saturated rings. The molecule has 0 radical (unpaired) electrons. The number of nitrogens with zero attached hydrogens (tertiary/aromatic N) is 2. The molecule has 2 aromatic heterocycles. The standard InChI is InChI=1S/C14H11Cl2N3OS/c1-20-13-4-8(2-3-17-13)7-19-12-6-10(16)9(15)5-11(12)18-14(19)21/h2-6H,7H2,1H3,(H,18,21). The zero-order valence-corrected chi connectivity index (χ0v) is 13.4. The Labute approximate surface area is 136 Å². The zero-order valence-electron chi connectivity index (χ0n) is 11.1. The molecule has 3 rings (SSSR count). The lowest BCUT2D eigenvalue weighted by atomic mass is 10.2. The average Bonchev–Trinajstić information content (AvgIpc) is 2.76. The molecule has 1 N–H and O–H groups in total. The molecule has 0 atom stereocenters. The molecule has 108 valence electrons. The second kappa shape index (κ2) is 5.67. The predicted octanol–water partition coefficient (Wildman–Crippen LogP) is 4.46. The number of ether oxygens (including phenoxy) is 1. The number of hydrogen-bond acceptors (Lipinski definition) is 3. The second-order valence-electron chi connectivity index (χ2n) is 4.51. The monoisotopic (exact) mass is 339 g/mol. The lowest BCUT2D eigenvalue weighted by Gasteiger charge is -2.07. The lowest BCUT2D eigenvalue weighted by Crippen LogP contribution is -2.00. The Morgan fingerprint density at radius 3 is 2.81 bits per heavy atom. The summed E-state index contributed by atoms with van der Waals surface area (Å²) in [6, 6.07) is 7.38. The predicted molar refractivity (Wildman–Crippen MR) is 87.0 cm³/mol. The van der Waals surface area contributed by atoms with Crippen LogP contribution in [0.4, 0.5) is 0 Å². The van der Waals surface area contributed by atoms with Gasteiger partial charge in [-0.25, -0.2) is 4.98 Å². The van der Waals surface area contributed by atoms with Crippen LogP contribution in [-0.4, -0.2) is 21.6 Å². The van der Waals surface area contributed by atoms with Crippen molar-refractivity contribution in [1.29, 1.82) is 0 Å². The molecule has 0 aliphatic rings. The van der Waals surface area contributed by atoms with Crippen molar-refractivity contribution in [3.63, 3.8) is 0 Å². The van der Waals surface area contributed by atoms with Crippen molar-refractivity contribution in [2.24, 2.45) is 0 Å². The van der Waals surface area contributed by atoms with E-state index in [2.05, 4.69) is 9.97 Å². The number of halogens is 2. The number of H-pyrrole nitrogens is 1. The number of pyridine rings is 1. The molecule has 3 aromatic rings. The Bertz CT molecular complexity index is 872. The van der Waals surface area contributed by atoms with Crippen LogP contribution < -0.4 is 4.74 Å². The molecule has 0 aliphatic heterocycles. The van der Waals surface area contributed by atoms with E-state index in [9.17, 15) is 0 Å². The van der Waals surface area contributed by atoms with Crippen LogP contribution in [-0.2, 0) is 6.54 Å². The van der Waals surface area contributed by atoms with Gasteiger partial charge < -0.3 is 14.3 Å². The van der Waals surface area contributed by atoms with Gasteiger partial charge in [-0.2, -0.15) is 0 Å². The summed E-state index contributed by atoms with van der Waals surface area (Å²) in [6.07, 6.45) is 1.70. The van der Waals surface area contributed by atoms with Crippen LogP contribution >= 0.6 is 35.4 Å². The fourth-order valence-electron chi connectivity index (χ4n) is 2.15. The summed E-state index contributed by atoms with van der Waals surface area (Å²) in [5, 5.41) is 0.998. The summed E-state index contributed by atoms with van der Waals surface area (Å²) in [6.45, 7) is 0.593. The van der Waals surface area contributed by atoms with Gasteiger partial charge in [0.05, 0.1) is 34.7 Å². The third-order valence-electron chi connectivity index (χ3n) is 3.17. The first-order valence-corrected chi connectivity index (χ1v) is 7.31. The quantitative estimate of drug-likeness (QED) is 0.716. The number of fused-ring (bicyclic) bond motifs is 1. The van der Waals surface area contributed by atoms with Crippen LogP contribution in [0.1, 0.15) is 5.56 Å². The summed E-state index contributed by atoms with van der Waals surface area (Å²) < 4.78 is 7.70. The van der Waals surface area contributed by atoms with Gasteiger partial charge in [0.2, 0.25) is 5.88 Å². The fraction of sp³-hybridized carbons (Fsp3) is 0.143. The zero-order chi connectivity index (χ0) is 15.0. The summed E-state index contributed by atoms with van der Waals surface area (Å²) in [5.41, 5.74) is 2.80. The van der Waals surface area contributed by atoms with Gasteiger partial charge in [0.15, 0.2) is 4.77 Å². The molecule has 4 nitrogen and oxygen atoms in total. The minimum Gasteiger partial charge on any atom is -0.481 e. The Hall–Kier alpha value is -1.56. The van der Waals surface area contributed by atoms with Gasteiger partial charge in [0.1, 0.15) is 0 Å². The number of rotatable bonds is 3. The van der Waals surface area contributed by atoms with E-state index in [0.29, 0.717) is 27.2 Å². The van der Waals surface area contributed by atoms with Gasteiger partial charge in [-0.3, -0.25) is 0 Å². The van der Waals surface area contributed by atoms with Crippen LogP contribution in [0, 0.1) is 4.77 Å². The molecule has 7 heteroatoms. The van der Waals surface area contributed by atoms with Gasteiger partial charge in [-0.05, 0) is 36.0 Å². The molecule has 0 spiro atoms. The number of aromatic nitrogens is 3. The van der Waals surface area contributed by atoms with Gasteiger partial charge in [-0.15, -0.1) is 0 Å². The summed E-state index contributed by atoms with van der Waals surface area (Å²) in [7, 11) is 1.59. The van der Waals surface area contributed by atoms with Crippen LogP contribution in [0.25, 0.3) is 11.0 Å². The van der Waals surface area contributed by atoms with Crippen LogP contribution in [0.3, 0.4) is 0 Å². The molecular formula is C14H11Cl2N3OS. The van der Waals surface area contributed by atoms with Crippen molar-refractivity contribution in [3.8, 4) is 5.88 Å². The number of methoxy groups -OCH3 is 1. The maximum Gasteiger partial charge on any atom is 0.213 e. The largest absolute Gasteiger partial charge is 0.481 e. The van der Waals surface area contributed by atoms with E-state index in [1.54, 1.807) is 19.4 Å². The van der Waals surface area contributed by atoms with E-state index in [-0.39, 0.29) is 0 Å². The van der Waals surface area contributed by atoms with Crippen molar-refractivity contribution in [2.75, 3.05) is 7.11 Å². The minimum atomic E-state index is 0.498. The number of hydrogen-bond donors (Lipinski definition) is 1. The van der Waals surface area contributed by atoms with Gasteiger partial charge in [0, 0.05) is 12.3 Å². The van der Waals surface area contributed by atoms with Gasteiger partial charge in [-0.1, -0.05) is 23.2 Å². The van der Waals surface area contributed by atoms with Crippen LogP contribution in [0.2, 0.25) is 10.0 Å². The first-order chi connectivity index (χ1) is 10.1. The van der Waals surface area contributed by atoms with Crippen LogP contribution in [0.15, 0.2) is 30.5 Å². The highest BCUT2D eigenvalue weighted by Gasteiger charge is 2.09. The third-order valence-corrected chi connectivity index (χ3v) is 4.21. The molecule has 0 amide bonds. The van der Waals surface area contributed by atoms with Crippen LogP contribution in [0.5, 0.6) is 5.88 Å².